The minimum Gasteiger partial charge on any atom is -0.392 e. The fourth-order valence-corrected chi connectivity index (χ4v) is 2.70. The first-order valence-electron chi connectivity index (χ1n) is 6.69. The average molecular weight is 211 g/mol. The van der Waals surface area contributed by atoms with E-state index in [4.69, 9.17) is 0 Å². The molecule has 0 aromatic rings. The maximum Gasteiger partial charge on any atom is 0.0693 e. The highest BCUT2D eigenvalue weighted by Gasteiger charge is 2.29. The topological polar surface area (TPSA) is 32.3 Å². The van der Waals surface area contributed by atoms with Crippen molar-refractivity contribution >= 4 is 0 Å². The summed E-state index contributed by atoms with van der Waals surface area (Å²) in [5, 5.41) is 13.5. The summed E-state index contributed by atoms with van der Waals surface area (Å²) in [4.78, 5) is 0. The van der Waals surface area contributed by atoms with E-state index < -0.39 is 0 Å². The number of hydrogen-bond donors (Lipinski definition) is 2. The fraction of sp³-hybridized carbons (Fsp3) is 1.00. The minimum absolute atomic E-state index is 0.0982. The van der Waals surface area contributed by atoms with Gasteiger partial charge in [-0.1, -0.05) is 26.2 Å². The van der Waals surface area contributed by atoms with E-state index in [-0.39, 0.29) is 6.10 Å². The van der Waals surface area contributed by atoms with Crippen LogP contribution in [0.1, 0.15) is 51.9 Å². The molecule has 3 unspecified atom stereocenters. The second-order valence-corrected chi connectivity index (χ2v) is 5.53. The van der Waals surface area contributed by atoms with E-state index in [2.05, 4.69) is 12.2 Å². The van der Waals surface area contributed by atoms with Crippen LogP contribution in [-0.4, -0.2) is 23.8 Å². The van der Waals surface area contributed by atoms with Crippen LogP contribution in [0.2, 0.25) is 0 Å². The van der Waals surface area contributed by atoms with Crippen LogP contribution < -0.4 is 5.32 Å². The fourth-order valence-electron chi connectivity index (χ4n) is 2.70. The number of hydrogen-bond acceptors (Lipinski definition) is 2. The van der Waals surface area contributed by atoms with Crippen molar-refractivity contribution in [1.29, 1.82) is 0 Å². The Hall–Kier alpha value is -0.0800. The molecular weight excluding hydrogens is 186 g/mol. The molecule has 0 aromatic heterocycles. The summed E-state index contributed by atoms with van der Waals surface area (Å²) < 4.78 is 0. The molecule has 0 radical (unpaired) electrons. The number of aliphatic hydroxyl groups is 1. The Kier molecular flexibility index (Phi) is 4.04. The molecule has 2 aliphatic carbocycles. The van der Waals surface area contributed by atoms with Crippen molar-refractivity contribution in [1.82, 2.24) is 5.32 Å². The third-order valence-corrected chi connectivity index (χ3v) is 4.11. The van der Waals surface area contributed by atoms with E-state index in [0.29, 0.717) is 6.04 Å². The maximum atomic E-state index is 9.95. The Morgan fingerprint density at radius 1 is 1.13 bits per heavy atom. The lowest BCUT2D eigenvalue weighted by atomic mass is 10.0. The molecule has 0 bridgehead atoms. The first-order valence-corrected chi connectivity index (χ1v) is 6.69. The molecule has 0 heterocycles. The van der Waals surface area contributed by atoms with Crippen molar-refractivity contribution in [3.8, 4) is 0 Å². The summed E-state index contributed by atoms with van der Waals surface area (Å²) >= 11 is 0. The van der Waals surface area contributed by atoms with E-state index >= 15 is 0 Å². The summed E-state index contributed by atoms with van der Waals surface area (Å²) in [6, 6.07) is 0.369. The Labute approximate surface area is 93.5 Å². The summed E-state index contributed by atoms with van der Waals surface area (Å²) in [6.07, 6.45) is 8.70. The summed E-state index contributed by atoms with van der Waals surface area (Å²) in [7, 11) is 0. The predicted octanol–water partition coefficient (Wildman–Crippen LogP) is 2.32. The lowest BCUT2D eigenvalue weighted by Crippen LogP contribution is -2.41. The number of aliphatic hydroxyl groups excluding tert-OH is 1. The Morgan fingerprint density at radius 2 is 1.87 bits per heavy atom. The van der Waals surface area contributed by atoms with Gasteiger partial charge in [0.1, 0.15) is 0 Å². The maximum absolute atomic E-state index is 9.95. The van der Waals surface area contributed by atoms with Gasteiger partial charge in [0.2, 0.25) is 0 Å². The predicted molar refractivity (Wildman–Crippen MR) is 62.8 cm³/mol. The van der Waals surface area contributed by atoms with Crippen LogP contribution in [0, 0.1) is 11.8 Å². The molecule has 0 spiro atoms. The lowest BCUT2D eigenvalue weighted by molar-refractivity contribution is 0.117. The first kappa shape index (κ1) is 11.4. The molecule has 2 nitrogen and oxygen atoms in total. The smallest absolute Gasteiger partial charge is 0.0693 e. The van der Waals surface area contributed by atoms with Crippen LogP contribution in [0.5, 0.6) is 0 Å². The van der Waals surface area contributed by atoms with Gasteiger partial charge in [-0.3, -0.25) is 0 Å². The minimum atomic E-state index is -0.0982. The van der Waals surface area contributed by atoms with E-state index in [1.807, 2.05) is 0 Å². The van der Waals surface area contributed by atoms with E-state index in [1.165, 1.54) is 38.5 Å². The molecule has 15 heavy (non-hydrogen) atoms. The zero-order valence-corrected chi connectivity index (χ0v) is 9.91. The molecule has 0 aromatic carbocycles. The van der Waals surface area contributed by atoms with Crippen molar-refractivity contribution < 1.29 is 5.11 Å². The van der Waals surface area contributed by atoms with Crippen LogP contribution >= 0.6 is 0 Å². The number of nitrogens with one attached hydrogen (secondary N) is 1. The van der Waals surface area contributed by atoms with Gasteiger partial charge in [0.25, 0.3) is 0 Å². The molecule has 0 amide bonds. The van der Waals surface area contributed by atoms with Crippen LogP contribution in [0.3, 0.4) is 0 Å². The lowest BCUT2D eigenvalue weighted by Gasteiger charge is -2.23. The van der Waals surface area contributed by atoms with E-state index in [1.54, 1.807) is 0 Å². The molecule has 88 valence electrons. The van der Waals surface area contributed by atoms with Gasteiger partial charge in [0.15, 0.2) is 0 Å². The van der Waals surface area contributed by atoms with Gasteiger partial charge in [-0.05, 0) is 44.1 Å². The second-order valence-electron chi connectivity index (χ2n) is 5.53. The molecule has 0 aliphatic heterocycles. The SMILES string of the molecule is CC(CNC1CCCCCC1O)C1CC1. The van der Waals surface area contributed by atoms with Crippen LogP contribution in [0.15, 0.2) is 0 Å². The second kappa shape index (κ2) is 5.31. The molecular formula is C13H25NO. The summed E-state index contributed by atoms with van der Waals surface area (Å²) in [6.45, 7) is 3.44. The molecule has 0 saturated heterocycles. The highest BCUT2D eigenvalue weighted by atomic mass is 16.3. The molecule has 2 aliphatic rings. The summed E-state index contributed by atoms with van der Waals surface area (Å²) in [5.74, 6) is 1.78. The van der Waals surface area contributed by atoms with Gasteiger partial charge in [0.05, 0.1) is 6.10 Å². The van der Waals surface area contributed by atoms with Crippen LogP contribution in [0.25, 0.3) is 0 Å². The molecule has 2 fully saturated rings. The summed E-state index contributed by atoms with van der Waals surface area (Å²) in [5.41, 5.74) is 0. The molecule has 2 rings (SSSR count). The van der Waals surface area contributed by atoms with Gasteiger partial charge in [-0.25, -0.2) is 0 Å². The van der Waals surface area contributed by atoms with Crippen LogP contribution in [0.4, 0.5) is 0 Å². The van der Waals surface area contributed by atoms with Crippen molar-refractivity contribution in [3.05, 3.63) is 0 Å². The zero-order chi connectivity index (χ0) is 10.7. The Balaban J connectivity index is 1.71. The van der Waals surface area contributed by atoms with Gasteiger partial charge >= 0.3 is 0 Å². The van der Waals surface area contributed by atoms with Gasteiger partial charge in [-0.15, -0.1) is 0 Å². The molecule has 2 heteroatoms. The first-order chi connectivity index (χ1) is 7.27. The van der Waals surface area contributed by atoms with E-state index in [0.717, 1.165) is 24.8 Å². The van der Waals surface area contributed by atoms with Crippen molar-refractivity contribution in [2.75, 3.05) is 6.54 Å². The van der Waals surface area contributed by atoms with E-state index in [9.17, 15) is 5.11 Å². The highest BCUT2D eigenvalue weighted by Crippen LogP contribution is 2.36. The normalized spacial score (nSPS) is 34.8. The van der Waals surface area contributed by atoms with Crippen molar-refractivity contribution in [3.63, 3.8) is 0 Å². The highest BCUT2D eigenvalue weighted by molar-refractivity contribution is 4.83. The molecule has 2 N–H and O–H groups in total. The third-order valence-electron chi connectivity index (χ3n) is 4.11. The monoisotopic (exact) mass is 211 g/mol. The van der Waals surface area contributed by atoms with Gasteiger partial charge < -0.3 is 10.4 Å². The zero-order valence-electron chi connectivity index (χ0n) is 9.91. The molecule has 2 saturated carbocycles. The molecule has 3 atom stereocenters. The number of rotatable bonds is 4. The van der Waals surface area contributed by atoms with Crippen molar-refractivity contribution in [2.24, 2.45) is 11.8 Å². The Bertz CT molecular complexity index is 191. The van der Waals surface area contributed by atoms with Crippen molar-refractivity contribution in [2.45, 2.75) is 64.0 Å². The average Bonchev–Trinajstić information content (AvgIpc) is 3.02. The van der Waals surface area contributed by atoms with Crippen LogP contribution in [-0.2, 0) is 0 Å². The quantitative estimate of drug-likeness (QED) is 0.699. The van der Waals surface area contributed by atoms with Gasteiger partial charge in [0, 0.05) is 6.04 Å². The standard InChI is InChI=1S/C13H25NO/c1-10(11-7-8-11)9-14-12-5-3-2-4-6-13(12)15/h10-15H,2-9H2,1H3. The van der Waals surface area contributed by atoms with Gasteiger partial charge in [-0.2, -0.15) is 0 Å². The largest absolute Gasteiger partial charge is 0.392 e. The Morgan fingerprint density at radius 3 is 2.60 bits per heavy atom. The third kappa shape index (κ3) is 3.46.